The molecule has 4 heterocycles. The number of fused-ring (bicyclic) bond motifs is 3. The Hall–Kier alpha value is -2.92. The van der Waals surface area contributed by atoms with Gasteiger partial charge in [0, 0.05) is 37.3 Å². The fraction of sp³-hybridized carbons (Fsp3) is 0.409. The Morgan fingerprint density at radius 2 is 2.00 bits per heavy atom. The summed E-state index contributed by atoms with van der Waals surface area (Å²) in [6.45, 7) is 2.57. The summed E-state index contributed by atoms with van der Waals surface area (Å²) in [7, 11) is 0. The summed E-state index contributed by atoms with van der Waals surface area (Å²) in [5, 5.41) is 0.758. The predicted octanol–water partition coefficient (Wildman–Crippen LogP) is 1.55. The molecule has 3 aromatic rings. The number of aromatic nitrogens is 3. The van der Waals surface area contributed by atoms with Crippen molar-refractivity contribution in [2.45, 2.75) is 25.0 Å². The van der Waals surface area contributed by atoms with Gasteiger partial charge in [-0.1, -0.05) is 0 Å². The number of hydrogen-bond donors (Lipinski definition) is 2. The number of nitrogens with one attached hydrogen (secondary N) is 1. The first kappa shape index (κ1) is 21.9. The molecule has 33 heavy (non-hydrogen) atoms. The Balaban J connectivity index is 1.12. The summed E-state index contributed by atoms with van der Waals surface area (Å²) in [4.78, 5) is 54.3. The second kappa shape index (κ2) is 9.14. The van der Waals surface area contributed by atoms with Gasteiger partial charge < -0.3 is 20.5 Å². The van der Waals surface area contributed by atoms with Crippen molar-refractivity contribution in [1.29, 1.82) is 0 Å². The van der Waals surface area contributed by atoms with Crippen molar-refractivity contribution in [3.05, 3.63) is 50.5 Å². The van der Waals surface area contributed by atoms with Crippen LogP contribution >= 0.6 is 23.1 Å². The molecule has 0 radical (unpaired) electrons. The lowest BCUT2D eigenvalue weighted by Crippen LogP contribution is -2.49. The van der Waals surface area contributed by atoms with Crippen LogP contribution in [0.4, 0.5) is 5.82 Å². The van der Waals surface area contributed by atoms with Crippen LogP contribution in [0.3, 0.4) is 0 Å². The van der Waals surface area contributed by atoms with E-state index in [0.717, 1.165) is 35.3 Å². The number of H-pyrrole nitrogens is 1. The van der Waals surface area contributed by atoms with Gasteiger partial charge in [0.05, 0.1) is 22.5 Å². The molecule has 1 aliphatic heterocycles. The van der Waals surface area contributed by atoms with Crippen molar-refractivity contribution >= 4 is 50.9 Å². The Kier molecular flexibility index (Phi) is 6.07. The molecule has 9 nitrogen and oxygen atoms in total. The van der Waals surface area contributed by atoms with Crippen LogP contribution < -0.4 is 16.2 Å². The van der Waals surface area contributed by atoms with Crippen LogP contribution in [0.5, 0.6) is 0 Å². The summed E-state index contributed by atoms with van der Waals surface area (Å²) in [5.41, 5.74) is 6.75. The van der Waals surface area contributed by atoms with Gasteiger partial charge in [0.25, 0.3) is 5.56 Å². The van der Waals surface area contributed by atoms with E-state index in [1.54, 1.807) is 23.5 Å². The van der Waals surface area contributed by atoms with E-state index in [1.165, 1.54) is 28.4 Å². The third-order valence-electron chi connectivity index (χ3n) is 6.08. The van der Waals surface area contributed by atoms with Gasteiger partial charge in [0.2, 0.25) is 11.8 Å². The monoisotopic (exact) mass is 484 g/mol. The van der Waals surface area contributed by atoms with Crippen LogP contribution in [0, 0.1) is 0 Å². The Morgan fingerprint density at radius 3 is 2.73 bits per heavy atom. The lowest BCUT2D eigenvalue weighted by Gasteiger charge is -2.35. The summed E-state index contributed by atoms with van der Waals surface area (Å²) < 4.78 is 0. The molecule has 0 aromatic carbocycles. The number of aryl methyl sites for hydroxylation is 2. The van der Waals surface area contributed by atoms with Crippen molar-refractivity contribution < 1.29 is 9.59 Å². The highest BCUT2D eigenvalue weighted by molar-refractivity contribution is 7.99. The number of carbonyl (C=O) groups excluding carboxylic acids is 2. The number of primary amides is 1. The smallest absolute Gasteiger partial charge is 0.259 e. The van der Waals surface area contributed by atoms with E-state index in [0.29, 0.717) is 49.1 Å². The SMILES string of the molecule is NC(=O)c1ccc(N2CCN(C(=O)CSCc3nc4sc5c(c4c(=O)[nH]3)CCC5)CC2)nc1. The number of thioether (sulfide) groups is 1. The van der Waals surface area contributed by atoms with Crippen molar-refractivity contribution in [1.82, 2.24) is 19.9 Å². The standard InChI is InChI=1S/C22H24N6O3S2/c23-20(30)13-4-5-17(24-10-13)27-6-8-28(9-7-27)18(29)12-32-11-16-25-21(31)19-14-2-1-3-15(14)33-22(19)26-16/h4-5,10H,1-3,6-9,11-12H2,(H2,23,30)(H,25,26,31). The molecular weight excluding hydrogens is 460 g/mol. The molecule has 1 fully saturated rings. The number of nitrogens with zero attached hydrogens (tertiary/aromatic N) is 4. The third-order valence-corrected chi connectivity index (χ3v) is 8.19. The molecule has 2 aliphatic rings. The molecule has 0 spiro atoms. The predicted molar refractivity (Wildman–Crippen MR) is 130 cm³/mol. The first-order chi connectivity index (χ1) is 16.0. The number of anilines is 1. The summed E-state index contributed by atoms with van der Waals surface area (Å²) in [6.07, 6.45) is 4.59. The number of nitrogens with two attached hydrogens (primary N) is 1. The number of pyridine rings is 1. The van der Waals surface area contributed by atoms with E-state index in [4.69, 9.17) is 5.73 Å². The molecule has 0 atom stereocenters. The molecule has 172 valence electrons. The zero-order valence-electron chi connectivity index (χ0n) is 18.0. The van der Waals surface area contributed by atoms with Crippen LogP contribution in [-0.4, -0.2) is 63.6 Å². The molecule has 1 saturated heterocycles. The van der Waals surface area contributed by atoms with E-state index >= 15 is 0 Å². The zero-order chi connectivity index (χ0) is 22.9. The Morgan fingerprint density at radius 1 is 1.18 bits per heavy atom. The average molecular weight is 485 g/mol. The fourth-order valence-corrected chi connectivity index (χ4v) is 6.42. The van der Waals surface area contributed by atoms with Crippen molar-refractivity contribution in [2.24, 2.45) is 5.73 Å². The van der Waals surface area contributed by atoms with Crippen LogP contribution in [0.1, 0.15) is 33.0 Å². The van der Waals surface area contributed by atoms with E-state index in [1.807, 2.05) is 4.90 Å². The van der Waals surface area contributed by atoms with Crippen LogP contribution in [-0.2, 0) is 23.4 Å². The number of hydrogen-bond acceptors (Lipinski definition) is 8. The van der Waals surface area contributed by atoms with Crippen molar-refractivity contribution in [3.8, 4) is 0 Å². The normalized spacial score (nSPS) is 15.8. The van der Waals surface area contributed by atoms with E-state index in [9.17, 15) is 14.4 Å². The van der Waals surface area contributed by atoms with Crippen molar-refractivity contribution in [3.63, 3.8) is 0 Å². The lowest BCUT2D eigenvalue weighted by molar-refractivity contribution is -0.128. The van der Waals surface area contributed by atoms with Crippen LogP contribution in [0.15, 0.2) is 23.1 Å². The molecule has 0 bridgehead atoms. The lowest BCUT2D eigenvalue weighted by atomic mass is 10.2. The Labute approximate surface area is 198 Å². The highest BCUT2D eigenvalue weighted by Crippen LogP contribution is 2.34. The average Bonchev–Trinajstić information content (AvgIpc) is 3.40. The summed E-state index contributed by atoms with van der Waals surface area (Å²) in [5.74, 6) is 1.81. The minimum absolute atomic E-state index is 0.0603. The van der Waals surface area contributed by atoms with Crippen LogP contribution in [0.25, 0.3) is 10.2 Å². The van der Waals surface area contributed by atoms with Gasteiger partial charge in [0.15, 0.2) is 0 Å². The maximum atomic E-state index is 12.7. The second-order valence-electron chi connectivity index (χ2n) is 8.18. The molecule has 5 rings (SSSR count). The quantitative estimate of drug-likeness (QED) is 0.544. The largest absolute Gasteiger partial charge is 0.366 e. The fourth-order valence-electron chi connectivity index (χ4n) is 4.35. The highest BCUT2D eigenvalue weighted by Gasteiger charge is 2.23. The summed E-state index contributed by atoms with van der Waals surface area (Å²) in [6, 6.07) is 3.44. The van der Waals surface area contributed by atoms with Gasteiger partial charge in [-0.15, -0.1) is 23.1 Å². The maximum Gasteiger partial charge on any atom is 0.259 e. The van der Waals surface area contributed by atoms with E-state index in [2.05, 4.69) is 19.9 Å². The molecule has 1 aliphatic carbocycles. The third kappa shape index (κ3) is 4.47. The molecule has 0 saturated carbocycles. The number of rotatable bonds is 6. The van der Waals surface area contributed by atoms with E-state index in [-0.39, 0.29) is 11.5 Å². The molecule has 3 N–H and O–H groups in total. The molecular formula is C22H24N6O3S2. The van der Waals surface area contributed by atoms with Gasteiger partial charge in [-0.25, -0.2) is 9.97 Å². The number of piperazine rings is 1. The first-order valence-corrected chi connectivity index (χ1v) is 12.9. The molecule has 0 unspecified atom stereocenters. The molecule has 2 amide bonds. The van der Waals surface area contributed by atoms with Gasteiger partial charge in [0.1, 0.15) is 16.5 Å². The number of aromatic amines is 1. The van der Waals surface area contributed by atoms with Gasteiger partial charge >= 0.3 is 0 Å². The zero-order valence-corrected chi connectivity index (χ0v) is 19.6. The second-order valence-corrected chi connectivity index (χ2v) is 10.2. The number of carbonyl (C=O) groups is 2. The van der Waals surface area contributed by atoms with Gasteiger partial charge in [-0.3, -0.25) is 14.4 Å². The summed E-state index contributed by atoms with van der Waals surface area (Å²) >= 11 is 3.10. The topological polar surface area (TPSA) is 125 Å². The minimum atomic E-state index is -0.500. The molecule has 11 heteroatoms. The highest BCUT2D eigenvalue weighted by atomic mass is 32.2. The van der Waals surface area contributed by atoms with Crippen LogP contribution in [0.2, 0.25) is 0 Å². The Bertz CT molecular complexity index is 1260. The number of thiophene rings is 1. The number of amides is 2. The van der Waals surface area contributed by atoms with Crippen molar-refractivity contribution in [2.75, 3.05) is 36.8 Å². The maximum absolute atomic E-state index is 12.7. The minimum Gasteiger partial charge on any atom is -0.366 e. The van der Waals surface area contributed by atoms with E-state index < -0.39 is 5.91 Å². The van der Waals surface area contributed by atoms with Gasteiger partial charge in [-0.2, -0.15) is 0 Å². The first-order valence-electron chi connectivity index (χ1n) is 10.9. The van der Waals surface area contributed by atoms with Gasteiger partial charge in [-0.05, 0) is 37.0 Å². The molecule has 3 aromatic heterocycles.